The van der Waals surface area contributed by atoms with Crippen LogP contribution in [0.1, 0.15) is 25.3 Å². The van der Waals surface area contributed by atoms with E-state index in [1.807, 2.05) is 0 Å². The largest absolute Gasteiger partial charge is 0.466 e. The van der Waals surface area contributed by atoms with E-state index in [0.717, 1.165) is 31.7 Å². The van der Waals surface area contributed by atoms with Crippen LogP contribution >= 0.6 is 11.6 Å². The summed E-state index contributed by atoms with van der Waals surface area (Å²) in [7, 11) is 0. The fraction of sp³-hybridized carbons (Fsp3) is 0.579. The van der Waals surface area contributed by atoms with Crippen LogP contribution < -0.4 is 5.32 Å². The zero-order valence-corrected chi connectivity index (χ0v) is 16.4. The van der Waals surface area contributed by atoms with Gasteiger partial charge in [-0.15, -0.1) is 0 Å². The van der Waals surface area contributed by atoms with Crippen molar-refractivity contribution in [1.82, 2.24) is 15.1 Å². The molecule has 1 saturated heterocycles. The maximum Gasteiger partial charge on any atom is 0.305 e. The van der Waals surface area contributed by atoms with Gasteiger partial charge in [0.15, 0.2) is 0 Å². The van der Waals surface area contributed by atoms with Crippen molar-refractivity contribution >= 4 is 23.5 Å². The van der Waals surface area contributed by atoms with Crippen LogP contribution in [0.4, 0.5) is 4.39 Å². The van der Waals surface area contributed by atoms with Crippen LogP contribution in [0.2, 0.25) is 5.02 Å². The predicted molar refractivity (Wildman–Crippen MR) is 102 cm³/mol. The first-order valence-corrected chi connectivity index (χ1v) is 9.66. The second-order valence-corrected chi connectivity index (χ2v) is 6.95. The molecule has 0 spiro atoms. The highest BCUT2D eigenvalue weighted by atomic mass is 35.5. The first kappa shape index (κ1) is 21.6. The molecule has 1 N–H and O–H groups in total. The topological polar surface area (TPSA) is 61.9 Å². The van der Waals surface area contributed by atoms with Gasteiger partial charge in [-0.3, -0.25) is 19.4 Å². The second kappa shape index (κ2) is 11.2. The van der Waals surface area contributed by atoms with E-state index in [9.17, 15) is 14.0 Å². The number of ether oxygens (including phenoxy) is 1. The number of halogens is 2. The van der Waals surface area contributed by atoms with Gasteiger partial charge in [0.05, 0.1) is 13.2 Å². The highest BCUT2D eigenvalue weighted by molar-refractivity contribution is 6.31. The summed E-state index contributed by atoms with van der Waals surface area (Å²) >= 11 is 6.08. The van der Waals surface area contributed by atoms with Crippen LogP contribution in [0.5, 0.6) is 0 Å². The number of hydrogen-bond acceptors (Lipinski definition) is 5. The van der Waals surface area contributed by atoms with E-state index in [2.05, 4.69) is 15.1 Å². The minimum Gasteiger partial charge on any atom is -0.466 e. The number of benzene rings is 1. The molecule has 1 aromatic rings. The van der Waals surface area contributed by atoms with Crippen molar-refractivity contribution in [3.05, 3.63) is 34.6 Å². The van der Waals surface area contributed by atoms with Gasteiger partial charge in [-0.05, 0) is 31.0 Å². The number of carbonyl (C=O) groups excluding carboxylic acids is 2. The van der Waals surface area contributed by atoms with E-state index >= 15 is 0 Å². The molecule has 1 aliphatic rings. The minimum atomic E-state index is -0.332. The highest BCUT2D eigenvalue weighted by Crippen LogP contribution is 2.19. The Bertz CT molecular complexity index is 637. The van der Waals surface area contributed by atoms with Crippen LogP contribution in [0.15, 0.2) is 18.2 Å². The summed E-state index contributed by atoms with van der Waals surface area (Å²) in [6, 6.07) is 4.47. The van der Waals surface area contributed by atoms with E-state index < -0.39 is 0 Å². The van der Waals surface area contributed by atoms with E-state index in [0.29, 0.717) is 44.1 Å². The first-order valence-electron chi connectivity index (χ1n) is 9.29. The lowest BCUT2D eigenvalue weighted by molar-refractivity contribution is -0.143. The molecule has 0 radical (unpaired) electrons. The maximum absolute atomic E-state index is 13.1. The molecule has 27 heavy (non-hydrogen) atoms. The SMILES string of the molecule is CCOC(=O)CCCNC(=O)CN1CCN(Cc2ccc(F)cc2Cl)CC1. The molecular formula is C19H27ClFN3O3. The molecule has 1 heterocycles. The van der Waals surface area contributed by atoms with Gasteiger partial charge in [-0.25, -0.2) is 4.39 Å². The Labute approximate surface area is 164 Å². The Morgan fingerprint density at radius 3 is 2.59 bits per heavy atom. The zero-order valence-electron chi connectivity index (χ0n) is 15.7. The molecule has 0 aromatic heterocycles. The van der Waals surface area contributed by atoms with Crippen molar-refractivity contribution in [2.45, 2.75) is 26.3 Å². The Kier molecular flexibility index (Phi) is 8.97. The van der Waals surface area contributed by atoms with Crippen LogP contribution in [0, 0.1) is 5.82 Å². The van der Waals surface area contributed by atoms with Crippen molar-refractivity contribution in [2.24, 2.45) is 0 Å². The van der Waals surface area contributed by atoms with Gasteiger partial charge in [-0.2, -0.15) is 0 Å². The van der Waals surface area contributed by atoms with Gasteiger partial charge in [-0.1, -0.05) is 17.7 Å². The van der Waals surface area contributed by atoms with Crippen LogP contribution in [-0.4, -0.2) is 67.6 Å². The maximum atomic E-state index is 13.1. The van der Waals surface area contributed by atoms with Crippen molar-refractivity contribution in [3.63, 3.8) is 0 Å². The van der Waals surface area contributed by atoms with Crippen molar-refractivity contribution in [1.29, 1.82) is 0 Å². The molecular weight excluding hydrogens is 373 g/mol. The Hall–Kier alpha value is -1.70. The lowest BCUT2D eigenvalue weighted by atomic mass is 10.2. The average Bonchev–Trinajstić information content (AvgIpc) is 2.63. The number of nitrogens with zero attached hydrogens (tertiary/aromatic N) is 2. The number of amides is 1. The molecule has 0 unspecified atom stereocenters. The van der Waals surface area contributed by atoms with E-state index in [1.54, 1.807) is 13.0 Å². The highest BCUT2D eigenvalue weighted by Gasteiger charge is 2.19. The van der Waals surface area contributed by atoms with Gasteiger partial charge in [0.25, 0.3) is 0 Å². The van der Waals surface area contributed by atoms with Gasteiger partial charge >= 0.3 is 5.97 Å². The molecule has 0 bridgehead atoms. The molecule has 1 aromatic carbocycles. The van der Waals surface area contributed by atoms with Gasteiger partial charge in [0, 0.05) is 50.7 Å². The molecule has 1 fully saturated rings. The number of piperazine rings is 1. The minimum absolute atomic E-state index is 0.0334. The molecule has 0 aliphatic carbocycles. The van der Waals surface area contributed by atoms with Gasteiger partial charge < -0.3 is 10.1 Å². The third-order valence-corrected chi connectivity index (χ3v) is 4.78. The first-order chi connectivity index (χ1) is 13.0. The summed E-state index contributed by atoms with van der Waals surface area (Å²) in [6.45, 7) is 6.87. The Morgan fingerprint density at radius 1 is 1.22 bits per heavy atom. The number of hydrogen-bond donors (Lipinski definition) is 1. The Balaban J connectivity index is 1.62. The van der Waals surface area contributed by atoms with Gasteiger partial charge in [0.2, 0.25) is 5.91 Å². The third kappa shape index (κ3) is 7.82. The summed E-state index contributed by atoms with van der Waals surface area (Å²) < 4.78 is 18.0. The lowest BCUT2D eigenvalue weighted by Gasteiger charge is -2.34. The normalized spacial score (nSPS) is 15.5. The summed E-state index contributed by atoms with van der Waals surface area (Å²) in [5.74, 6) is -0.597. The summed E-state index contributed by atoms with van der Waals surface area (Å²) in [5, 5.41) is 3.28. The molecule has 6 nitrogen and oxygen atoms in total. The van der Waals surface area contributed by atoms with E-state index in [1.165, 1.54) is 12.1 Å². The Morgan fingerprint density at radius 2 is 1.93 bits per heavy atom. The molecule has 8 heteroatoms. The van der Waals surface area contributed by atoms with Crippen molar-refractivity contribution < 1.29 is 18.7 Å². The summed E-state index contributed by atoms with van der Waals surface area (Å²) in [6.07, 6.45) is 0.898. The fourth-order valence-electron chi connectivity index (χ4n) is 2.95. The predicted octanol–water partition coefficient (Wildman–Crippen LogP) is 2.06. The molecule has 2 rings (SSSR count). The summed E-state index contributed by atoms with van der Waals surface area (Å²) in [5.41, 5.74) is 0.908. The number of rotatable bonds is 9. The summed E-state index contributed by atoms with van der Waals surface area (Å²) in [4.78, 5) is 27.6. The molecule has 1 aliphatic heterocycles. The number of nitrogens with one attached hydrogen (secondary N) is 1. The molecule has 1 amide bonds. The molecule has 0 saturated carbocycles. The second-order valence-electron chi connectivity index (χ2n) is 6.55. The fourth-order valence-corrected chi connectivity index (χ4v) is 3.18. The van der Waals surface area contributed by atoms with E-state index in [-0.39, 0.29) is 17.7 Å². The third-order valence-electron chi connectivity index (χ3n) is 4.43. The van der Waals surface area contributed by atoms with Crippen LogP contribution in [0.25, 0.3) is 0 Å². The van der Waals surface area contributed by atoms with E-state index in [4.69, 9.17) is 16.3 Å². The zero-order chi connectivity index (χ0) is 19.6. The quantitative estimate of drug-likeness (QED) is 0.508. The monoisotopic (exact) mass is 399 g/mol. The number of carbonyl (C=O) groups is 2. The lowest BCUT2D eigenvalue weighted by Crippen LogP contribution is -2.49. The van der Waals surface area contributed by atoms with Crippen LogP contribution in [-0.2, 0) is 20.9 Å². The number of esters is 1. The average molecular weight is 400 g/mol. The van der Waals surface area contributed by atoms with Gasteiger partial charge in [0.1, 0.15) is 5.82 Å². The molecule has 0 atom stereocenters. The molecule has 150 valence electrons. The van der Waals surface area contributed by atoms with Crippen molar-refractivity contribution in [2.75, 3.05) is 45.9 Å². The van der Waals surface area contributed by atoms with Crippen LogP contribution in [0.3, 0.4) is 0 Å². The standard InChI is InChI=1S/C19H27ClFN3O3/c1-2-27-19(26)4-3-7-22-18(25)14-24-10-8-23(9-11-24)13-15-5-6-16(21)12-17(15)20/h5-6,12H,2-4,7-11,13-14H2,1H3,(H,22,25). The van der Waals surface area contributed by atoms with Crippen molar-refractivity contribution in [3.8, 4) is 0 Å². The smallest absolute Gasteiger partial charge is 0.305 e.